The summed E-state index contributed by atoms with van der Waals surface area (Å²) in [6.07, 6.45) is 3.50. The largest absolute Gasteiger partial charge is 0.343 e. The molecule has 0 radical (unpaired) electrons. The van der Waals surface area contributed by atoms with Crippen molar-refractivity contribution in [2.45, 2.75) is 6.92 Å². The van der Waals surface area contributed by atoms with E-state index >= 15 is 0 Å². The lowest BCUT2D eigenvalue weighted by molar-refractivity contribution is -0.129. The van der Waals surface area contributed by atoms with Gasteiger partial charge < -0.3 is 16.0 Å². The number of carbonyl (C=O) groups is 2. The van der Waals surface area contributed by atoms with E-state index in [2.05, 4.69) is 10.4 Å². The number of hydrogen-bond acceptors (Lipinski definition) is 5. The van der Waals surface area contributed by atoms with Crippen molar-refractivity contribution in [2.75, 3.05) is 37.7 Å². The fraction of sp³-hybridized carbons (Fsp3) is 0.389. The molecule has 3 N–H and O–H groups in total. The highest BCUT2D eigenvalue weighted by molar-refractivity contribution is 7.85. The first-order valence-corrected chi connectivity index (χ1v) is 10.2. The van der Waals surface area contributed by atoms with Gasteiger partial charge in [-0.3, -0.25) is 13.8 Å². The number of hydrogen-bond donors (Lipinski definition) is 2. The molecule has 3 rings (SSSR count). The quantitative estimate of drug-likeness (QED) is 0.771. The molecule has 8 nitrogen and oxygen atoms in total. The zero-order valence-electron chi connectivity index (χ0n) is 15.3. The molecule has 2 amide bonds. The van der Waals surface area contributed by atoms with E-state index in [9.17, 15) is 13.8 Å². The molecule has 146 valence electrons. The van der Waals surface area contributed by atoms with Gasteiger partial charge >= 0.3 is 0 Å². The molecular formula is C18H25N5O3S. The second-order valence-corrected chi connectivity index (χ2v) is 7.51. The summed E-state index contributed by atoms with van der Waals surface area (Å²) in [5.41, 5.74) is 6.19. The van der Waals surface area contributed by atoms with Gasteiger partial charge in [-0.1, -0.05) is 6.92 Å². The van der Waals surface area contributed by atoms with Gasteiger partial charge in [-0.2, -0.15) is 5.10 Å². The summed E-state index contributed by atoms with van der Waals surface area (Å²) >= 11 is 0. The Balaban J connectivity index is 0.000000817. The highest BCUT2D eigenvalue weighted by atomic mass is 32.2. The number of nitrogens with one attached hydrogen (secondary N) is 1. The zero-order valence-corrected chi connectivity index (χ0v) is 16.2. The number of amides is 2. The lowest BCUT2D eigenvalue weighted by Crippen LogP contribution is -2.46. The minimum absolute atomic E-state index is 0.0492. The van der Waals surface area contributed by atoms with Crippen LogP contribution in [0.3, 0.4) is 0 Å². The van der Waals surface area contributed by atoms with Crippen molar-refractivity contribution in [1.29, 1.82) is 0 Å². The Morgan fingerprint density at radius 2 is 1.85 bits per heavy atom. The first-order chi connectivity index (χ1) is 13.0. The van der Waals surface area contributed by atoms with Crippen LogP contribution < -0.4 is 11.1 Å². The lowest BCUT2D eigenvalue weighted by atomic mass is 10.2. The standard InChI is InChI=1S/C16H18N4O3S.C2H7N/c21-15(19-8-10-24(23)11-9-19)12-17-16(22)13-2-4-14(5-3-13)20-7-1-6-18-20;1-2-3/h1-7H,8-12H2,(H,17,22);2-3H2,1H3. The van der Waals surface area contributed by atoms with Crippen molar-refractivity contribution in [3.05, 3.63) is 48.3 Å². The first kappa shape index (κ1) is 20.8. The van der Waals surface area contributed by atoms with Gasteiger partial charge in [0, 0.05) is 53.4 Å². The number of benzene rings is 1. The third-order valence-electron chi connectivity index (χ3n) is 3.83. The summed E-state index contributed by atoms with van der Waals surface area (Å²) < 4.78 is 13.0. The fourth-order valence-electron chi connectivity index (χ4n) is 2.44. The van der Waals surface area contributed by atoms with Crippen LogP contribution in [-0.2, 0) is 15.6 Å². The van der Waals surface area contributed by atoms with Crippen molar-refractivity contribution >= 4 is 22.6 Å². The number of carbonyl (C=O) groups excluding carboxylic acids is 2. The SMILES string of the molecule is CCN.O=C(NCC(=O)N1CCS(=O)CC1)c1ccc(-n2cccn2)cc1. The van der Waals surface area contributed by atoms with Gasteiger partial charge in [0.1, 0.15) is 0 Å². The van der Waals surface area contributed by atoms with E-state index in [1.807, 2.05) is 19.2 Å². The summed E-state index contributed by atoms with van der Waals surface area (Å²) in [5.74, 6) is 0.576. The van der Waals surface area contributed by atoms with Crippen molar-refractivity contribution in [1.82, 2.24) is 20.0 Å². The van der Waals surface area contributed by atoms with Gasteiger partial charge in [0.15, 0.2) is 0 Å². The Morgan fingerprint density at radius 1 is 1.22 bits per heavy atom. The van der Waals surface area contributed by atoms with Crippen molar-refractivity contribution in [3.8, 4) is 5.69 Å². The fourth-order valence-corrected chi connectivity index (χ4v) is 3.50. The molecule has 1 aromatic heterocycles. The molecule has 0 atom stereocenters. The van der Waals surface area contributed by atoms with E-state index < -0.39 is 10.8 Å². The summed E-state index contributed by atoms with van der Waals surface area (Å²) in [6, 6.07) is 8.80. The number of nitrogens with two attached hydrogens (primary N) is 1. The molecule has 0 unspecified atom stereocenters. The highest BCUT2D eigenvalue weighted by Gasteiger charge is 2.20. The van der Waals surface area contributed by atoms with Crippen LogP contribution in [0.5, 0.6) is 0 Å². The summed E-state index contributed by atoms with van der Waals surface area (Å²) in [5, 5.41) is 6.75. The molecule has 2 heterocycles. The van der Waals surface area contributed by atoms with E-state index in [1.165, 1.54) is 0 Å². The molecule has 2 aromatic rings. The zero-order chi connectivity index (χ0) is 19.6. The summed E-state index contributed by atoms with van der Waals surface area (Å²) in [7, 11) is -0.823. The molecule has 27 heavy (non-hydrogen) atoms. The van der Waals surface area contributed by atoms with E-state index in [0.717, 1.165) is 12.2 Å². The lowest BCUT2D eigenvalue weighted by Gasteiger charge is -2.26. The second-order valence-electron chi connectivity index (χ2n) is 5.82. The average Bonchev–Trinajstić information content (AvgIpc) is 3.22. The van der Waals surface area contributed by atoms with Crippen molar-refractivity contribution < 1.29 is 13.8 Å². The van der Waals surface area contributed by atoms with Crippen LogP contribution in [0.15, 0.2) is 42.7 Å². The maximum Gasteiger partial charge on any atom is 0.251 e. The molecule has 9 heteroatoms. The number of aromatic nitrogens is 2. The smallest absolute Gasteiger partial charge is 0.251 e. The van der Waals surface area contributed by atoms with Crippen LogP contribution >= 0.6 is 0 Å². The number of nitrogens with zero attached hydrogens (tertiary/aromatic N) is 3. The van der Waals surface area contributed by atoms with Gasteiger partial charge in [0.2, 0.25) is 5.91 Å². The minimum atomic E-state index is -0.823. The Morgan fingerprint density at radius 3 is 2.41 bits per heavy atom. The Labute approximate surface area is 161 Å². The molecule has 0 spiro atoms. The third-order valence-corrected chi connectivity index (χ3v) is 5.10. The summed E-state index contributed by atoms with van der Waals surface area (Å²) in [4.78, 5) is 25.8. The maximum absolute atomic E-state index is 12.1. The predicted octanol–water partition coefficient (Wildman–Crippen LogP) is 0.158. The normalized spacial score (nSPS) is 14.2. The predicted molar refractivity (Wildman–Crippen MR) is 105 cm³/mol. The van der Waals surface area contributed by atoms with Gasteiger partial charge in [0.05, 0.1) is 12.2 Å². The molecule has 1 aliphatic heterocycles. The third kappa shape index (κ3) is 6.30. The van der Waals surface area contributed by atoms with Crippen molar-refractivity contribution in [2.24, 2.45) is 5.73 Å². The molecule has 0 saturated carbocycles. The van der Waals surface area contributed by atoms with Crippen LogP contribution in [0.1, 0.15) is 17.3 Å². The van der Waals surface area contributed by atoms with E-state index in [-0.39, 0.29) is 18.4 Å². The van der Waals surface area contributed by atoms with Crippen LogP contribution in [-0.4, -0.2) is 68.4 Å². The molecule has 0 bridgehead atoms. The van der Waals surface area contributed by atoms with Crippen LogP contribution in [0.25, 0.3) is 5.69 Å². The molecule has 1 saturated heterocycles. The van der Waals surface area contributed by atoms with E-state index in [4.69, 9.17) is 5.73 Å². The van der Waals surface area contributed by atoms with E-state index in [1.54, 1.807) is 40.0 Å². The van der Waals surface area contributed by atoms with Gasteiger partial charge in [-0.05, 0) is 36.9 Å². The second kappa shape index (κ2) is 10.6. The van der Waals surface area contributed by atoms with Crippen LogP contribution in [0.4, 0.5) is 0 Å². The average molecular weight is 391 g/mol. The Bertz CT molecular complexity index is 752. The van der Waals surface area contributed by atoms with Crippen LogP contribution in [0, 0.1) is 0 Å². The van der Waals surface area contributed by atoms with E-state index in [0.29, 0.717) is 30.2 Å². The minimum Gasteiger partial charge on any atom is -0.343 e. The number of rotatable bonds is 4. The Hall–Kier alpha value is -2.52. The maximum atomic E-state index is 12.1. The van der Waals surface area contributed by atoms with Gasteiger partial charge in [-0.25, -0.2) is 4.68 Å². The first-order valence-electron chi connectivity index (χ1n) is 8.76. The van der Waals surface area contributed by atoms with Gasteiger partial charge in [0.25, 0.3) is 5.91 Å². The highest BCUT2D eigenvalue weighted by Crippen LogP contribution is 2.08. The molecule has 1 fully saturated rings. The van der Waals surface area contributed by atoms with Gasteiger partial charge in [-0.15, -0.1) is 0 Å². The monoisotopic (exact) mass is 391 g/mol. The summed E-state index contributed by atoms with van der Waals surface area (Å²) in [6.45, 7) is 3.58. The molecule has 1 aromatic carbocycles. The Kier molecular flexibility index (Phi) is 8.15. The van der Waals surface area contributed by atoms with Crippen molar-refractivity contribution in [3.63, 3.8) is 0 Å². The topological polar surface area (TPSA) is 110 Å². The van der Waals surface area contributed by atoms with Crippen LogP contribution in [0.2, 0.25) is 0 Å². The molecular weight excluding hydrogens is 366 g/mol. The molecule has 1 aliphatic rings. The molecule has 0 aliphatic carbocycles.